The third-order valence-electron chi connectivity index (χ3n) is 5.27. The number of amides is 1. The molecule has 0 atom stereocenters. The van der Waals surface area contributed by atoms with Gasteiger partial charge in [-0.25, -0.2) is 4.68 Å². The Labute approximate surface area is 176 Å². The van der Waals surface area contributed by atoms with Gasteiger partial charge in [-0.1, -0.05) is 38.1 Å². The summed E-state index contributed by atoms with van der Waals surface area (Å²) in [5.41, 5.74) is 3.24. The van der Waals surface area contributed by atoms with E-state index in [0.717, 1.165) is 40.5 Å². The van der Waals surface area contributed by atoms with E-state index in [-0.39, 0.29) is 11.8 Å². The van der Waals surface area contributed by atoms with Gasteiger partial charge in [-0.2, -0.15) is 5.10 Å². The molecule has 0 N–H and O–H groups in total. The number of nitrogens with zero attached hydrogens (tertiary/aromatic N) is 4. The molecule has 1 saturated carbocycles. The van der Waals surface area contributed by atoms with Gasteiger partial charge in [0.05, 0.1) is 22.8 Å². The summed E-state index contributed by atoms with van der Waals surface area (Å²) in [5, 5.41) is 6.96. The topological polar surface area (TPSA) is 41.4 Å². The zero-order chi connectivity index (χ0) is 20.5. The Morgan fingerprint density at radius 1 is 1.17 bits per heavy atom. The molecule has 1 aliphatic rings. The van der Waals surface area contributed by atoms with Crippen LogP contribution in [-0.4, -0.2) is 40.7 Å². The lowest BCUT2D eigenvalue weighted by Crippen LogP contribution is -2.33. The molecule has 0 spiro atoms. The van der Waals surface area contributed by atoms with E-state index in [0.29, 0.717) is 12.6 Å². The fourth-order valence-corrected chi connectivity index (χ4v) is 4.43. The van der Waals surface area contributed by atoms with Crippen molar-refractivity contribution in [1.82, 2.24) is 14.7 Å². The van der Waals surface area contributed by atoms with E-state index in [9.17, 15) is 4.79 Å². The highest BCUT2D eigenvalue weighted by Crippen LogP contribution is 2.36. The predicted molar refractivity (Wildman–Crippen MR) is 119 cm³/mol. The lowest BCUT2D eigenvalue weighted by atomic mass is 10.0. The first-order valence-corrected chi connectivity index (χ1v) is 11.0. The Bertz CT molecular complexity index is 972. The molecule has 0 unspecified atom stereocenters. The molecule has 1 aliphatic carbocycles. The van der Waals surface area contributed by atoms with Crippen molar-refractivity contribution in [2.24, 2.45) is 0 Å². The number of carbonyl (C=O) groups is 1. The lowest BCUT2D eigenvalue weighted by molar-refractivity contribution is 0.0734. The van der Waals surface area contributed by atoms with Crippen LogP contribution in [0.3, 0.4) is 0 Å². The van der Waals surface area contributed by atoms with Gasteiger partial charge in [0.25, 0.3) is 5.91 Å². The summed E-state index contributed by atoms with van der Waals surface area (Å²) in [6, 6.07) is 14.4. The van der Waals surface area contributed by atoms with Crippen molar-refractivity contribution in [3.63, 3.8) is 0 Å². The second-order valence-electron chi connectivity index (χ2n) is 8.13. The number of anilines is 1. The SMILES string of the molecule is CC(C)c1nn(-c2ccccc2)c(N(C)C)c1CN(C(=O)c1cccs1)C1CC1. The second kappa shape index (κ2) is 8.03. The lowest BCUT2D eigenvalue weighted by Gasteiger charge is -2.25. The molecule has 5 nitrogen and oxygen atoms in total. The van der Waals surface area contributed by atoms with E-state index in [1.165, 1.54) is 11.3 Å². The second-order valence-corrected chi connectivity index (χ2v) is 9.07. The first-order valence-electron chi connectivity index (χ1n) is 10.2. The third-order valence-corrected chi connectivity index (χ3v) is 6.13. The number of aromatic nitrogens is 2. The van der Waals surface area contributed by atoms with Crippen LogP contribution < -0.4 is 4.90 Å². The molecule has 3 aromatic rings. The van der Waals surface area contributed by atoms with Crippen LogP contribution in [0.5, 0.6) is 0 Å². The highest BCUT2D eigenvalue weighted by molar-refractivity contribution is 7.12. The fourth-order valence-electron chi connectivity index (χ4n) is 3.75. The molecule has 152 valence electrons. The van der Waals surface area contributed by atoms with E-state index >= 15 is 0 Å². The van der Waals surface area contributed by atoms with Crippen molar-refractivity contribution in [3.8, 4) is 5.69 Å². The Balaban J connectivity index is 1.79. The Morgan fingerprint density at radius 2 is 1.90 bits per heavy atom. The van der Waals surface area contributed by atoms with Crippen LogP contribution in [0.2, 0.25) is 0 Å². The van der Waals surface area contributed by atoms with Gasteiger partial charge in [0.2, 0.25) is 0 Å². The van der Waals surface area contributed by atoms with E-state index in [4.69, 9.17) is 5.10 Å². The molecule has 1 fully saturated rings. The van der Waals surface area contributed by atoms with Crippen LogP contribution in [0.15, 0.2) is 47.8 Å². The molecule has 0 saturated heterocycles. The Morgan fingerprint density at radius 3 is 2.45 bits per heavy atom. The summed E-state index contributed by atoms with van der Waals surface area (Å²) >= 11 is 1.52. The van der Waals surface area contributed by atoms with Gasteiger partial charge in [-0.15, -0.1) is 11.3 Å². The molecule has 1 amide bonds. The summed E-state index contributed by atoms with van der Waals surface area (Å²) in [4.78, 5) is 18.2. The summed E-state index contributed by atoms with van der Waals surface area (Å²) in [6.07, 6.45) is 2.16. The van der Waals surface area contributed by atoms with E-state index in [1.54, 1.807) is 0 Å². The Kier molecular flexibility index (Phi) is 5.46. The average Bonchev–Trinajstić information content (AvgIpc) is 3.25. The number of benzene rings is 1. The van der Waals surface area contributed by atoms with Crippen molar-refractivity contribution in [3.05, 3.63) is 64.0 Å². The first kappa shape index (κ1) is 19.7. The summed E-state index contributed by atoms with van der Waals surface area (Å²) < 4.78 is 2.02. The van der Waals surface area contributed by atoms with Gasteiger partial charge in [0.15, 0.2) is 0 Å². The molecule has 2 heterocycles. The first-order chi connectivity index (χ1) is 14.0. The van der Waals surface area contributed by atoms with Crippen molar-refractivity contribution in [2.45, 2.75) is 45.2 Å². The standard InChI is InChI=1S/C23H28N4OS/c1-16(2)21-19(15-26(17-12-13-17)23(28)20-11-8-14-29-20)22(25(3)4)27(24-21)18-9-6-5-7-10-18/h5-11,14,16-17H,12-13,15H2,1-4H3. The van der Waals surface area contributed by atoms with Crippen molar-refractivity contribution >= 4 is 23.1 Å². The highest BCUT2D eigenvalue weighted by Gasteiger charge is 2.36. The molecule has 29 heavy (non-hydrogen) atoms. The number of para-hydroxylation sites is 1. The van der Waals surface area contributed by atoms with E-state index in [1.807, 2.05) is 54.5 Å². The van der Waals surface area contributed by atoms with E-state index in [2.05, 4.69) is 35.8 Å². The molecular weight excluding hydrogens is 380 g/mol. The third kappa shape index (κ3) is 3.94. The van der Waals surface area contributed by atoms with Crippen LogP contribution in [0.1, 0.15) is 53.5 Å². The van der Waals surface area contributed by atoms with Gasteiger partial charge in [0.1, 0.15) is 5.82 Å². The number of hydrogen-bond acceptors (Lipinski definition) is 4. The minimum absolute atomic E-state index is 0.134. The maximum Gasteiger partial charge on any atom is 0.264 e. The minimum Gasteiger partial charge on any atom is -0.362 e. The van der Waals surface area contributed by atoms with Gasteiger partial charge in [0, 0.05) is 25.7 Å². The molecule has 0 aliphatic heterocycles. The molecule has 4 rings (SSSR count). The van der Waals surface area contributed by atoms with Crippen molar-refractivity contribution in [2.75, 3.05) is 19.0 Å². The van der Waals surface area contributed by atoms with Crippen molar-refractivity contribution in [1.29, 1.82) is 0 Å². The largest absolute Gasteiger partial charge is 0.362 e. The van der Waals surface area contributed by atoms with Gasteiger partial charge in [-0.05, 0) is 42.3 Å². The molecular formula is C23H28N4OS. The maximum atomic E-state index is 13.2. The van der Waals surface area contributed by atoms with Gasteiger partial charge >= 0.3 is 0 Å². The zero-order valence-corrected chi connectivity index (χ0v) is 18.3. The smallest absolute Gasteiger partial charge is 0.264 e. The monoisotopic (exact) mass is 408 g/mol. The zero-order valence-electron chi connectivity index (χ0n) is 17.5. The van der Waals surface area contributed by atoms with Crippen LogP contribution in [0.4, 0.5) is 5.82 Å². The van der Waals surface area contributed by atoms with Crippen molar-refractivity contribution < 1.29 is 4.79 Å². The van der Waals surface area contributed by atoms with Crippen LogP contribution in [-0.2, 0) is 6.54 Å². The molecule has 6 heteroatoms. The Hall–Kier alpha value is -2.60. The maximum absolute atomic E-state index is 13.2. The molecule has 0 radical (unpaired) electrons. The number of carbonyl (C=O) groups excluding carboxylic acids is 1. The summed E-state index contributed by atoms with van der Waals surface area (Å²) in [7, 11) is 4.10. The molecule has 2 aromatic heterocycles. The highest BCUT2D eigenvalue weighted by atomic mass is 32.1. The molecule has 1 aromatic carbocycles. The number of rotatable bonds is 7. The van der Waals surface area contributed by atoms with Gasteiger partial charge in [-0.3, -0.25) is 4.79 Å². The molecule has 0 bridgehead atoms. The van der Waals surface area contributed by atoms with Crippen LogP contribution in [0.25, 0.3) is 5.69 Å². The number of hydrogen-bond donors (Lipinski definition) is 0. The quantitative estimate of drug-likeness (QED) is 0.557. The predicted octanol–water partition coefficient (Wildman–Crippen LogP) is 4.93. The summed E-state index contributed by atoms with van der Waals surface area (Å²) in [6.45, 7) is 4.93. The van der Waals surface area contributed by atoms with Crippen LogP contribution in [0, 0.1) is 0 Å². The van der Waals surface area contributed by atoms with Gasteiger partial charge < -0.3 is 9.80 Å². The normalized spacial score (nSPS) is 13.7. The fraction of sp³-hybridized carbons (Fsp3) is 0.391. The minimum atomic E-state index is 0.134. The van der Waals surface area contributed by atoms with E-state index < -0.39 is 0 Å². The van der Waals surface area contributed by atoms with Crippen LogP contribution >= 0.6 is 11.3 Å². The number of thiophene rings is 1. The summed E-state index contributed by atoms with van der Waals surface area (Å²) in [5.74, 6) is 1.45. The average molecular weight is 409 g/mol.